The molecule has 1 unspecified atom stereocenters. The molecule has 0 bridgehead atoms. The molecule has 0 aromatic heterocycles. The summed E-state index contributed by atoms with van der Waals surface area (Å²) in [5, 5.41) is 4.42. The molecule has 0 radical (unpaired) electrons. The van der Waals surface area contributed by atoms with Crippen molar-refractivity contribution < 1.29 is 14.3 Å². The van der Waals surface area contributed by atoms with Gasteiger partial charge in [0, 0.05) is 42.3 Å². The van der Waals surface area contributed by atoms with E-state index in [0.717, 1.165) is 37.7 Å². The van der Waals surface area contributed by atoms with E-state index >= 15 is 0 Å². The molecular formula is C24H33Cl2N3O3. The molecule has 1 aromatic rings. The Morgan fingerprint density at radius 2 is 1.72 bits per heavy atom. The Morgan fingerprint density at radius 3 is 2.25 bits per heavy atom. The lowest BCUT2D eigenvalue weighted by molar-refractivity contribution is 0.0172. The Hall–Kier alpha value is -1.92. The van der Waals surface area contributed by atoms with Crippen molar-refractivity contribution in [2.24, 2.45) is 0 Å². The number of amides is 3. The lowest BCUT2D eigenvalue weighted by Crippen LogP contribution is -2.52. The van der Waals surface area contributed by atoms with E-state index in [1.54, 1.807) is 15.9 Å². The predicted octanol–water partition coefficient (Wildman–Crippen LogP) is 5.97. The van der Waals surface area contributed by atoms with Crippen molar-refractivity contribution in [3.05, 3.63) is 39.9 Å². The number of carbonyl (C=O) groups excluding carboxylic acids is 2. The lowest BCUT2D eigenvalue weighted by atomic mass is 9.91. The van der Waals surface area contributed by atoms with Crippen LogP contribution in [0.15, 0.2) is 24.3 Å². The quantitative estimate of drug-likeness (QED) is 0.578. The van der Waals surface area contributed by atoms with E-state index in [0.29, 0.717) is 23.1 Å². The van der Waals surface area contributed by atoms with Crippen molar-refractivity contribution in [2.45, 2.75) is 70.6 Å². The Labute approximate surface area is 200 Å². The van der Waals surface area contributed by atoms with Crippen LogP contribution in [0.3, 0.4) is 0 Å². The maximum absolute atomic E-state index is 12.8. The van der Waals surface area contributed by atoms with Gasteiger partial charge in [-0.25, -0.2) is 9.59 Å². The zero-order valence-corrected chi connectivity index (χ0v) is 20.8. The Bertz CT molecular complexity index is 853. The van der Waals surface area contributed by atoms with E-state index in [1.807, 2.05) is 40.0 Å². The summed E-state index contributed by atoms with van der Waals surface area (Å²) in [6.45, 7) is 6.78. The van der Waals surface area contributed by atoms with Gasteiger partial charge in [0.05, 0.1) is 0 Å². The first-order valence-electron chi connectivity index (χ1n) is 11.2. The number of ether oxygens (including phenoxy) is 1. The van der Waals surface area contributed by atoms with E-state index < -0.39 is 5.60 Å². The first-order chi connectivity index (χ1) is 15.0. The van der Waals surface area contributed by atoms with Gasteiger partial charge in [-0.2, -0.15) is 0 Å². The molecule has 1 heterocycles. The van der Waals surface area contributed by atoms with Crippen LogP contribution in [0.4, 0.5) is 9.59 Å². The van der Waals surface area contributed by atoms with E-state index in [4.69, 9.17) is 27.9 Å². The molecule has 1 fully saturated rings. The molecule has 8 heteroatoms. The first kappa shape index (κ1) is 24.7. The number of likely N-dealkylation sites (tertiary alicyclic amines) is 1. The van der Waals surface area contributed by atoms with Crippen LogP contribution in [-0.2, 0) is 4.74 Å². The summed E-state index contributed by atoms with van der Waals surface area (Å²) in [5.74, 6) is 0. The molecule has 2 aliphatic rings. The number of carbonyl (C=O) groups is 2. The van der Waals surface area contributed by atoms with Gasteiger partial charge in [-0.3, -0.25) is 0 Å². The van der Waals surface area contributed by atoms with Crippen LogP contribution in [0.2, 0.25) is 10.0 Å². The van der Waals surface area contributed by atoms with Crippen LogP contribution >= 0.6 is 23.2 Å². The number of nitrogens with zero attached hydrogens (tertiary/aromatic N) is 2. The summed E-state index contributed by atoms with van der Waals surface area (Å²) < 4.78 is 5.45. The molecule has 0 spiro atoms. The SMILES string of the molecule is CN(C(=O)NC1CC=C(c2cc(Cl)cc(Cl)c2)CC1)C1CCN(C(=O)OC(C)(C)C)CC1. The highest BCUT2D eigenvalue weighted by molar-refractivity contribution is 6.34. The minimum absolute atomic E-state index is 0.0617. The summed E-state index contributed by atoms with van der Waals surface area (Å²) >= 11 is 12.3. The molecule has 1 N–H and O–H groups in total. The number of halogens is 2. The Kier molecular flexibility index (Phi) is 7.99. The first-order valence-corrected chi connectivity index (χ1v) is 11.9. The van der Waals surface area contributed by atoms with Gasteiger partial charge in [-0.05, 0) is 82.2 Å². The normalized spacial score (nSPS) is 19.9. The third-order valence-electron chi connectivity index (χ3n) is 5.96. The summed E-state index contributed by atoms with van der Waals surface area (Å²) in [4.78, 5) is 28.6. The second-order valence-electron chi connectivity index (χ2n) is 9.62. The van der Waals surface area contributed by atoms with Gasteiger partial charge in [0.25, 0.3) is 0 Å². The maximum atomic E-state index is 12.8. The number of nitrogens with one attached hydrogen (secondary N) is 1. The molecule has 6 nitrogen and oxygen atoms in total. The van der Waals surface area contributed by atoms with Crippen molar-refractivity contribution in [1.29, 1.82) is 0 Å². The maximum Gasteiger partial charge on any atom is 0.410 e. The summed E-state index contributed by atoms with van der Waals surface area (Å²) in [6.07, 6.45) is 5.87. The number of hydrogen-bond acceptors (Lipinski definition) is 3. The third-order valence-corrected chi connectivity index (χ3v) is 6.39. The van der Waals surface area contributed by atoms with E-state index in [2.05, 4.69) is 11.4 Å². The highest BCUT2D eigenvalue weighted by Crippen LogP contribution is 2.31. The highest BCUT2D eigenvalue weighted by atomic mass is 35.5. The number of rotatable bonds is 3. The van der Waals surface area contributed by atoms with Crippen LogP contribution in [-0.4, -0.2) is 59.7 Å². The predicted molar refractivity (Wildman–Crippen MR) is 129 cm³/mol. The van der Waals surface area contributed by atoms with Crippen LogP contribution in [0.5, 0.6) is 0 Å². The lowest BCUT2D eigenvalue weighted by Gasteiger charge is -2.37. The summed E-state index contributed by atoms with van der Waals surface area (Å²) in [5.41, 5.74) is 1.75. The molecule has 1 aliphatic carbocycles. The van der Waals surface area contributed by atoms with Gasteiger partial charge in [0.1, 0.15) is 5.60 Å². The molecule has 0 saturated carbocycles. The summed E-state index contributed by atoms with van der Waals surface area (Å²) in [7, 11) is 1.83. The molecule has 1 atom stereocenters. The largest absolute Gasteiger partial charge is 0.444 e. The second kappa shape index (κ2) is 10.3. The zero-order chi connectivity index (χ0) is 23.5. The number of urea groups is 1. The second-order valence-corrected chi connectivity index (χ2v) is 10.5. The van der Waals surface area contributed by atoms with Gasteiger partial charge in [0.2, 0.25) is 0 Å². The molecule has 176 valence electrons. The zero-order valence-electron chi connectivity index (χ0n) is 19.3. The molecular weight excluding hydrogens is 449 g/mol. The van der Waals surface area contributed by atoms with Crippen molar-refractivity contribution >= 4 is 40.9 Å². The van der Waals surface area contributed by atoms with Crippen molar-refractivity contribution in [2.75, 3.05) is 20.1 Å². The third kappa shape index (κ3) is 6.79. The number of benzene rings is 1. The highest BCUT2D eigenvalue weighted by Gasteiger charge is 2.30. The molecule has 1 aliphatic heterocycles. The van der Waals surface area contributed by atoms with Crippen LogP contribution < -0.4 is 5.32 Å². The van der Waals surface area contributed by atoms with Crippen molar-refractivity contribution in [3.8, 4) is 0 Å². The molecule has 1 aromatic carbocycles. The number of hydrogen-bond donors (Lipinski definition) is 1. The fourth-order valence-corrected chi connectivity index (χ4v) is 4.70. The van der Waals surface area contributed by atoms with Gasteiger partial charge in [-0.1, -0.05) is 29.3 Å². The fraction of sp³-hybridized carbons (Fsp3) is 0.583. The standard InChI is InChI=1S/C24H33Cl2N3O3/c1-24(2,3)32-23(31)29-11-9-21(10-12-29)28(4)22(30)27-20-7-5-16(6-8-20)17-13-18(25)15-19(26)14-17/h5,13-15,20-21H,6-12H2,1-4H3,(H,27,30). The Morgan fingerprint density at radius 1 is 1.09 bits per heavy atom. The Balaban J connectivity index is 1.47. The van der Waals surface area contributed by atoms with E-state index in [-0.39, 0.29) is 24.2 Å². The van der Waals surface area contributed by atoms with Crippen LogP contribution in [0, 0.1) is 0 Å². The van der Waals surface area contributed by atoms with Crippen molar-refractivity contribution in [1.82, 2.24) is 15.1 Å². The van der Waals surface area contributed by atoms with Gasteiger partial charge in [-0.15, -0.1) is 0 Å². The monoisotopic (exact) mass is 481 g/mol. The van der Waals surface area contributed by atoms with Crippen LogP contribution in [0.1, 0.15) is 58.4 Å². The van der Waals surface area contributed by atoms with Crippen molar-refractivity contribution in [3.63, 3.8) is 0 Å². The van der Waals surface area contributed by atoms with Gasteiger partial charge < -0.3 is 19.9 Å². The van der Waals surface area contributed by atoms with Crippen LogP contribution in [0.25, 0.3) is 5.57 Å². The van der Waals surface area contributed by atoms with Gasteiger partial charge in [0.15, 0.2) is 0 Å². The molecule has 32 heavy (non-hydrogen) atoms. The topological polar surface area (TPSA) is 61.9 Å². The average molecular weight is 482 g/mol. The average Bonchev–Trinajstić information content (AvgIpc) is 2.72. The minimum Gasteiger partial charge on any atom is -0.444 e. The number of piperidine rings is 1. The minimum atomic E-state index is -0.502. The number of allylic oxidation sites excluding steroid dienone is 1. The van der Waals surface area contributed by atoms with E-state index in [1.165, 1.54) is 5.57 Å². The summed E-state index contributed by atoms with van der Waals surface area (Å²) in [6, 6.07) is 5.73. The molecule has 1 saturated heterocycles. The van der Waals surface area contributed by atoms with Gasteiger partial charge >= 0.3 is 12.1 Å². The molecule has 3 rings (SSSR count). The van der Waals surface area contributed by atoms with E-state index in [9.17, 15) is 9.59 Å². The molecule has 3 amide bonds. The fourth-order valence-electron chi connectivity index (χ4n) is 4.17. The smallest absolute Gasteiger partial charge is 0.410 e.